The lowest BCUT2D eigenvalue weighted by molar-refractivity contribution is -0.124. The van der Waals surface area contributed by atoms with Gasteiger partial charge in [0, 0.05) is 0 Å². The second-order valence-electron chi connectivity index (χ2n) is 3.98. The number of rotatable bonds is 2. The fraction of sp³-hybridized carbons (Fsp3) is 0.417. The summed E-state index contributed by atoms with van der Waals surface area (Å²) in [4.78, 5) is 11.1. The van der Waals surface area contributed by atoms with Crippen LogP contribution >= 0.6 is 0 Å². The Morgan fingerprint density at radius 2 is 2.38 bits per heavy atom. The Balaban J connectivity index is 2.26. The van der Waals surface area contributed by atoms with Crippen molar-refractivity contribution in [2.24, 2.45) is 0 Å². The van der Waals surface area contributed by atoms with Crippen LogP contribution in [-0.4, -0.2) is 17.6 Å². The molecule has 86 valence electrons. The number of aliphatic hydroxyl groups excluding tert-OH is 1. The van der Waals surface area contributed by atoms with E-state index in [9.17, 15) is 9.18 Å². The molecule has 1 aromatic rings. The fourth-order valence-electron chi connectivity index (χ4n) is 2.19. The molecule has 3 nitrogen and oxygen atoms in total. The number of aliphatic hydroxyl groups is 1. The van der Waals surface area contributed by atoms with Crippen molar-refractivity contribution in [3.05, 3.63) is 35.1 Å². The van der Waals surface area contributed by atoms with E-state index in [1.54, 1.807) is 6.07 Å². The smallest absolute Gasteiger partial charge is 0.246 e. The molecule has 2 rings (SSSR count). The van der Waals surface area contributed by atoms with Gasteiger partial charge in [0.1, 0.15) is 12.4 Å². The van der Waals surface area contributed by atoms with Gasteiger partial charge in [0.25, 0.3) is 0 Å². The zero-order valence-corrected chi connectivity index (χ0v) is 8.87. The molecule has 0 spiro atoms. The number of benzene rings is 1. The first-order valence-corrected chi connectivity index (χ1v) is 5.40. The minimum atomic E-state index is -0.527. The highest BCUT2D eigenvalue weighted by molar-refractivity contribution is 5.77. The van der Waals surface area contributed by atoms with Gasteiger partial charge in [-0.15, -0.1) is 0 Å². The highest BCUT2D eigenvalue weighted by Crippen LogP contribution is 2.30. The summed E-state index contributed by atoms with van der Waals surface area (Å²) in [6.07, 6.45) is 2.36. The van der Waals surface area contributed by atoms with Crippen LogP contribution in [-0.2, 0) is 11.2 Å². The molecule has 0 fully saturated rings. The van der Waals surface area contributed by atoms with Crippen molar-refractivity contribution in [3.63, 3.8) is 0 Å². The van der Waals surface area contributed by atoms with Gasteiger partial charge in [-0.1, -0.05) is 12.1 Å². The summed E-state index contributed by atoms with van der Waals surface area (Å²) in [7, 11) is 0. The van der Waals surface area contributed by atoms with Crippen molar-refractivity contribution in [2.45, 2.75) is 25.3 Å². The van der Waals surface area contributed by atoms with Crippen molar-refractivity contribution in [1.82, 2.24) is 5.32 Å². The topological polar surface area (TPSA) is 49.3 Å². The standard InChI is InChI=1S/C12H14FNO2/c13-10-5-1-4-9-8(10)3-2-6-11(9)14-12(16)7-15/h1,4-5,11,15H,2-3,6-7H2,(H,14,16). The van der Waals surface area contributed by atoms with E-state index in [1.807, 2.05) is 6.07 Å². The molecule has 0 bridgehead atoms. The van der Waals surface area contributed by atoms with Crippen LogP contribution in [0.1, 0.15) is 30.0 Å². The number of halogens is 1. The zero-order valence-electron chi connectivity index (χ0n) is 8.87. The predicted molar refractivity (Wildman–Crippen MR) is 57.3 cm³/mol. The van der Waals surface area contributed by atoms with Crippen LogP contribution in [0.3, 0.4) is 0 Å². The molecule has 16 heavy (non-hydrogen) atoms. The number of carbonyl (C=O) groups is 1. The van der Waals surface area contributed by atoms with Crippen LogP contribution in [0.4, 0.5) is 4.39 Å². The van der Waals surface area contributed by atoms with Gasteiger partial charge in [-0.3, -0.25) is 4.79 Å². The van der Waals surface area contributed by atoms with Crippen LogP contribution in [0.25, 0.3) is 0 Å². The monoisotopic (exact) mass is 223 g/mol. The van der Waals surface area contributed by atoms with E-state index in [0.29, 0.717) is 12.0 Å². The average molecular weight is 223 g/mol. The first-order valence-electron chi connectivity index (χ1n) is 5.40. The van der Waals surface area contributed by atoms with E-state index in [0.717, 1.165) is 18.4 Å². The second-order valence-corrected chi connectivity index (χ2v) is 3.98. The predicted octanol–water partition coefficient (Wildman–Crippen LogP) is 1.31. The molecule has 0 heterocycles. The Bertz CT molecular complexity index is 406. The van der Waals surface area contributed by atoms with Crippen LogP contribution < -0.4 is 5.32 Å². The fourth-order valence-corrected chi connectivity index (χ4v) is 2.19. The van der Waals surface area contributed by atoms with Crippen LogP contribution in [0, 0.1) is 5.82 Å². The summed E-state index contributed by atoms with van der Waals surface area (Å²) in [6, 6.07) is 4.76. The minimum absolute atomic E-state index is 0.168. The molecule has 0 radical (unpaired) electrons. The van der Waals surface area contributed by atoms with Gasteiger partial charge in [-0.05, 0) is 36.5 Å². The maximum atomic E-state index is 13.5. The Morgan fingerprint density at radius 1 is 1.56 bits per heavy atom. The molecule has 2 N–H and O–H groups in total. The Hall–Kier alpha value is -1.42. The molecule has 0 saturated carbocycles. The first kappa shape index (κ1) is 11.1. The van der Waals surface area contributed by atoms with E-state index in [4.69, 9.17) is 5.11 Å². The lowest BCUT2D eigenvalue weighted by atomic mass is 9.87. The summed E-state index contributed by atoms with van der Waals surface area (Å²) < 4.78 is 13.5. The molecule has 0 saturated heterocycles. The maximum absolute atomic E-state index is 13.5. The van der Waals surface area contributed by atoms with Crippen LogP contribution in [0.15, 0.2) is 18.2 Å². The SMILES string of the molecule is O=C(CO)NC1CCCc2c(F)cccc21. The number of hydrogen-bond acceptors (Lipinski definition) is 2. The van der Waals surface area contributed by atoms with Gasteiger partial charge in [-0.25, -0.2) is 4.39 Å². The van der Waals surface area contributed by atoms with Crippen molar-refractivity contribution >= 4 is 5.91 Å². The van der Waals surface area contributed by atoms with Crippen molar-refractivity contribution in [3.8, 4) is 0 Å². The number of nitrogens with one attached hydrogen (secondary N) is 1. The number of carbonyl (C=O) groups excluding carboxylic acids is 1. The quantitative estimate of drug-likeness (QED) is 0.794. The molecular formula is C12H14FNO2. The lowest BCUT2D eigenvalue weighted by Gasteiger charge is -2.26. The zero-order chi connectivity index (χ0) is 11.5. The molecule has 1 atom stereocenters. The van der Waals surface area contributed by atoms with Crippen molar-refractivity contribution < 1.29 is 14.3 Å². The molecule has 1 unspecified atom stereocenters. The third-order valence-electron chi connectivity index (χ3n) is 2.93. The van der Waals surface area contributed by atoms with Gasteiger partial charge < -0.3 is 10.4 Å². The Kier molecular flexibility index (Phi) is 3.19. The Morgan fingerprint density at radius 3 is 3.12 bits per heavy atom. The molecular weight excluding hydrogens is 209 g/mol. The number of fused-ring (bicyclic) bond motifs is 1. The van der Waals surface area contributed by atoms with Crippen molar-refractivity contribution in [1.29, 1.82) is 0 Å². The maximum Gasteiger partial charge on any atom is 0.246 e. The van der Waals surface area contributed by atoms with Gasteiger partial charge in [0.05, 0.1) is 6.04 Å². The van der Waals surface area contributed by atoms with Crippen LogP contribution in [0.2, 0.25) is 0 Å². The van der Waals surface area contributed by atoms with Gasteiger partial charge in [-0.2, -0.15) is 0 Å². The molecule has 4 heteroatoms. The molecule has 1 aliphatic rings. The summed E-state index contributed by atoms with van der Waals surface area (Å²) in [5.41, 5.74) is 1.53. The minimum Gasteiger partial charge on any atom is -0.387 e. The summed E-state index contributed by atoms with van der Waals surface area (Å²) >= 11 is 0. The van der Waals surface area contributed by atoms with Gasteiger partial charge in [0.2, 0.25) is 5.91 Å². The number of amides is 1. The summed E-state index contributed by atoms with van der Waals surface area (Å²) in [5, 5.41) is 11.4. The van der Waals surface area contributed by atoms with Gasteiger partial charge in [0.15, 0.2) is 0 Å². The highest BCUT2D eigenvalue weighted by Gasteiger charge is 2.23. The second kappa shape index (κ2) is 4.61. The average Bonchev–Trinajstić information content (AvgIpc) is 2.30. The highest BCUT2D eigenvalue weighted by atomic mass is 19.1. The largest absolute Gasteiger partial charge is 0.387 e. The van der Waals surface area contributed by atoms with E-state index >= 15 is 0 Å². The van der Waals surface area contributed by atoms with Gasteiger partial charge >= 0.3 is 0 Å². The molecule has 1 amide bonds. The molecule has 1 aliphatic carbocycles. The third kappa shape index (κ3) is 2.07. The van der Waals surface area contributed by atoms with Crippen LogP contribution in [0.5, 0.6) is 0 Å². The lowest BCUT2D eigenvalue weighted by Crippen LogP contribution is -2.33. The normalized spacial score (nSPS) is 19.0. The van der Waals surface area contributed by atoms with E-state index in [2.05, 4.69) is 5.32 Å². The first-order chi connectivity index (χ1) is 7.72. The summed E-state index contributed by atoms with van der Waals surface area (Å²) in [6.45, 7) is -0.527. The van der Waals surface area contributed by atoms with E-state index in [1.165, 1.54) is 6.07 Å². The Labute approximate surface area is 93.3 Å². The third-order valence-corrected chi connectivity index (χ3v) is 2.93. The van der Waals surface area contributed by atoms with E-state index in [-0.39, 0.29) is 11.9 Å². The molecule has 0 aliphatic heterocycles. The van der Waals surface area contributed by atoms with Crippen molar-refractivity contribution in [2.75, 3.05) is 6.61 Å². The molecule has 1 aromatic carbocycles. The number of hydrogen-bond donors (Lipinski definition) is 2. The summed E-state index contributed by atoms with van der Waals surface area (Å²) in [5.74, 6) is -0.623. The van der Waals surface area contributed by atoms with E-state index < -0.39 is 12.5 Å². The molecule has 0 aromatic heterocycles.